The second-order valence-corrected chi connectivity index (χ2v) is 5.24. The largest absolute Gasteiger partial charge is 0.434 e. The molecule has 0 bridgehead atoms. The van der Waals surface area contributed by atoms with Gasteiger partial charge in [-0.1, -0.05) is 37.5 Å². The van der Waals surface area contributed by atoms with Crippen molar-refractivity contribution >= 4 is 0 Å². The summed E-state index contributed by atoms with van der Waals surface area (Å²) in [6.45, 7) is -1.60. The van der Waals surface area contributed by atoms with Crippen LogP contribution in [0.3, 0.4) is 0 Å². The van der Waals surface area contributed by atoms with Crippen molar-refractivity contribution in [2.45, 2.75) is 38.3 Å². The van der Waals surface area contributed by atoms with Gasteiger partial charge in [0.1, 0.15) is 5.75 Å². The molecular weight excluding hydrogens is 262 g/mol. The molecule has 5 heteroatoms. The van der Waals surface area contributed by atoms with Crippen LogP contribution in [0, 0.1) is 5.92 Å². The molecule has 0 aliphatic heterocycles. The van der Waals surface area contributed by atoms with Crippen molar-refractivity contribution in [3.05, 3.63) is 29.8 Å². The summed E-state index contributed by atoms with van der Waals surface area (Å²) in [6, 6.07) is 6.68. The molecule has 0 aromatic heterocycles. The number of halogens is 2. The number of ether oxygens (including phenoxy) is 1. The molecule has 3 nitrogen and oxygen atoms in total. The van der Waals surface area contributed by atoms with Crippen LogP contribution in [0.25, 0.3) is 0 Å². The summed E-state index contributed by atoms with van der Waals surface area (Å²) in [4.78, 5) is 0. The first-order chi connectivity index (χ1) is 9.70. The van der Waals surface area contributed by atoms with Gasteiger partial charge in [0.25, 0.3) is 0 Å². The van der Waals surface area contributed by atoms with Crippen molar-refractivity contribution in [2.24, 2.45) is 11.7 Å². The number of nitrogens with two attached hydrogens (primary N) is 1. The molecule has 1 fully saturated rings. The number of hydrogen-bond donors (Lipinski definition) is 2. The second-order valence-electron chi connectivity index (χ2n) is 5.24. The number of para-hydroxylation sites is 1. The number of benzene rings is 1. The topological polar surface area (TPSA) is 47.3 Å². The molecule has 0 spiro atoms. The standard InChI is InChI=1S/C15H22F2N2O/c16-15(17)20-14-7-2-1-6-12(14)13(10-18)19-9-8-11-4-3-5-11/h1-2,6-7,11,13,15,19H,3-5,8-10,18H2. The van der Waals surface area contributed by atoms with E-state index in [1.807, 2.05) is 6.07 Å². The predicted molar refractivity (Wildman–Crippen MR) is 74.8 cm³/mol. The number of rotatable bonds is 8. The molecule has 2 rings (SSSR count). The van der Waals surface area contributed by atoms with Crippen LogP contribution in [0.2, 0.25) is 0 Å². The average molecular weight is 284 g/mol. The summed E-state index contributed by atoms with van der Waals surface area (Å²) in [5.41, 5.74) is 6.46. The molecule has 1 saturated carbocycles. The van der Waals surface area contributed by atoms with E-state index >= 15 is 0 Å². The van der Waals surface area contributed by atoms with Crippen molar-refractivity contribution in [1.82, 2.24) is 5.32 Å². The highest BCUT2D eigenvalue weighted by atomic mass is 19.3. The van der Waals surface area contributed by atoms with Gasteiger partial charge in [-0.2, -0.15) is 8.78 Å². The third kappa shape index (κ3) is 4.15. The molecule has 0 saturated heterocycles. The predicted octanol–water partition coefficient (Wildman–Crippen LogP) is 3.07. The van der Waals surface area contributed by atoms with Crippen LogP contribution in [-0.4, -0.2) is 19.7 Å². The summed E-state index contributed by atoms with van der Waals surface area (Å²) in [7, 11) is 0. The van der Waals surface area contributed by atoms with Crippen LogP contribution >= 0.6 is 0 Å². The van der Waals surface area contributed by atoms with Crippen LogP contribution in [0.1, 0.15) is 37.3 Å². The summed E-state index contributed by atoms with van der Waals surface area (Å²) in [5, 5.41) is 3.35. The van der Waals surface area contributed by atoms with Gasteiger partial charge in [-0.3, -0.25) is 0 Å². The van der Waals surface area contributed by atoms with E-state index in [0.717, 1.165) is 18.9 Å². The van der Waals surface area contributed by atoms with Crippen LogP contribution in [-0.2, 0) is 0 Å². The minimum absolute atomic E-state index is 0.148. The van der Waals surface area contributed by atoms with Gasteiger partial charge in [0, 0.05) is 18.2 Å². The van der Waals surface area contributed by atoms with Gasteiger partial charge in [0.2, 0.25) is 0 Å². The highest BCUT2D eigenvalue weighted by Gasteiger charge is 2.19. The Balaban J connectivity index is 1.94. The minimum Gasteiger partial charge on any atom is -0.434 e. The van der Waals surface area contributed by atoms with E-state index < -0.39 is 6.61 Å². The summed E-state index contributed by atoms with van der Waals surface area (Å²) in [6.07, 6.45) is 5.06. The summed E-state index contributed by atoms with van der Waals surface area (Å²) in [5.74, 6) is 1.02. The van der Waals surface area contributed by atoms with E-state index in [1.165, 1.54) is 19.3 Å². The second kappa shape index (κ2) is 7.55. The Labute approximate surface area is 118 Å². The molecule has 0 heterocycles. The first-order valence-electron chi connectivity index (χ1n) is 7.18. The Morgan fingerprint density at radius 2 is 2.05 bits per heavy atom. The normalized spacial score (nSPS) is 17.0. The average Bonchev–Trinajstić information content (AvgIpc) is 2.37. The van der Waals surface area contributed by atoms with Gasteiger partial charge in [-0.15, -0.1) is 0 Å². The molecule has 1 aliphatic carbocycles. The molecular formula is C15H22F2N2O. The Morgan fingerprint density at radius 1 is 1.30 bits per heavy atom. The molecule has 0 radical (unpaired) electrons. The van der Waals surface area contributed by atoms with Gasteiger partial charge in [-0.05, 0) is 24.9 Å². The lowest BCUT2D eigenvalue weighted by Gasteiger charge is -2.27. The van der Waals surface area contributed by atoms with Crippen molar-refractivity contribution in [1.29, 1.82) is 0 Å². The fourth-order valence-electron chi connectivity index (χ4n) is 2.54. The Morgan fingerprint density at radius 3 is 2.65 bits per heavy atom. The van der Waals surface area contributed by atoms with Crippen molar-refractivity contribution < 1.29 is 13.5 Å². The molecule has 3 N–H and O–H groups in total. The first-order valence-corrected chi connectivity index (χ1v) is 7.18. The minimum atomic E-state index is -2.82. The Bertz CT molecular complexity index is 411. The molecule has 20 heavy (non-hydrogen) atoms. The summed E-state index contributed by atoms with van der Waals surface area (Å²) < 4.78 is 29.4. The van der Waals surface area contributed by atoms with Crippen LogP contribution in [0.5, 0.6) is 5.75 Å². The van der Waals surface area contributed by atoms with Gasteiger partial charge in [0.05, 0.1) is 0 Å². The van der Waals surface area contributed by atoms with Crippen molar-refractivity contribution in [2.75, 3.05) is 13.1 Å². The molecule has 1 unspecified atom stereocenters. The van der Waals surface area contributed by atoms with Crippen molar-refractivity contribution in [3.8, 4) is 5.75 Å². The highest BCUT2D eigenvalue weighted by Crippen LogP contribution is 2.30. The van der Waals surface area contributed by atoms with E-state index in [4.69, 9.17) is 5.73 Å². The maximum Gasteiger partial charge on any atom is 0.387 e. The quantitative estimate of drug-likeness (QED) is 0.771. The first kappa shape index (κ1) is 15.2. The molecule has 0 amide bonds. The van der Waals surface area contributed by atoms with E-state index in [0.29, 0.717) is 12.1 Å². The zero-order valence-electron chi connectivity index (χ0n) is 11.5. The molecule has 1 aromatic carbocycles. The Kier molecular flexibility index (Phi) is 5.73. The van der Waals surface area contributed by atoms with E-state index in [1.54, 1.807) is 18.2 Å². The number of alkyl halides is 2. The van der Waals surface area contributed by atoms with E-state index in [-0.39, 0.29) is 11.8 Å². The fourth-order valence-corrected chi connectivity index (χ4v) is 2.54. The number of nitrogens with one attached hydrogen (secondary N) is 1. The van der Waals surface area contributed by atoms with Gasteiger partial charge in [0.15, 0.2) is 0 Å². The van der Waals surface area contributed by atoms with Gasteiger partial charge >= 0.3 is 6.61 Å². The zero-order chi connectivity index (χ0) is 14.4. The lowest BCUT2D eigenvalue weighted by Crippen LogP contribution is -2.31. The van der Waals surface area contributed by atoms with Gasteiger partial charge < -0.3 is 15.8 Å². The third-order valence-corrected chi connectivity index (χ3v) is 3.91. The number of hydrogen-bond acceptors (Lipinski definition) is 3. The highest BCUT2D eigenvalue weighted by molar-refractivity contribution is 5.36. The lowest BCUT2D eigenvalue weighted by atomic mass is 9.83. The van der Waals surface area contributed by atoms with Gasteiger partial charge in [-0.25, -0.2) is 0 Å². The molecule has 1 atom stereocenters. The molecule has 112 valence electrons. The maximum absolute atomic E-state index is 12.4. The maximum atomic E-state index is 12.4. The molecule has 1 aliphatic rings. The summed E-state index contributed by atoms with van der Waals surface area (Å²) >= 11 is 0. The van der Waals surface area contributed by atoms with Crippen molar-refractivity contribution in [3.63, 3.8) is 0 Å². The van der Waals surface area contributed by atoms with E-state index in [9.17, 15) is 8.78 Å². The SMILES string of the molecule is NCC(NCCC1CCC1)c1ccccc1OC(F)F. The van der Waals surface area contributed by atoms with Crippen LogP contribution in [0.4, 0.5) is 8.78 Å². The lowest BCUT2D eigenvalue weighted by molar-refractivity contribution is -0.0507. The Hall–Kier alpha value is -1.20. The smallest absolute Gasteiger partial charge is 0.387 e. The molecule has 1 aromatic rings. The fraction of sp³-hybridized carbons (Fsp3) is 0.600. The van der Waals surface area contributed by atoms with E-state index in [2.05, 4.69) is 10.1 Å². The monoisotopic (exact) mass is 284 g/mol. The zero-order valence-corrected chi connectivity index (χ0v) is 11.5. The third-order valence-electron chi connectivity index (χ3n) is 3.91. The van der Waals surface area contributed by atoms with Crippen LogP contribution < -0.4 is 15.8 Å². The van der Waals surface area contributed by atoms with Crippen LogP contribution in [0.15, 0.2) is 24.3 Å².